The molecule has 1 unspecified atom stereocenters. The number of piperidine rings is 1. The van der Waals surface area contributed by atoms with Crippen molar-refractivity contribution < 1.29 is 23.4 Å². The molecule has 0 saturated carbocycles. The summed E-state index contributed by atoms with van der Waals surface area (Å²) in [5, 5.41) is 4.52. The van der Waals surface area contributed by atoms with Crippen molar-refractivity contribution in [2.75, 3.05) is 53.5 Å². The van der Waals surface area contributed by atoms with E-state index in [9.17, 15) is 4.39 Å². The summed E-state index contributed by atoms with van der Waals surface area (Å²) in [6.45, 7) is 5.21. The number of likely N-dealkylation sites (tertiary alicyclic amines) is 1. The van der Waals surface area contributed by atoms with Crippen LogP contribution in [0.1, 0.15) is 32.1 Å². The number of benzene rings is 1. The highest BCUT2D eigenvalue weighted by atomic mass is 19.1. The summed E-state index contributed by atoms with van der Waals surface area (Å²) in [7, 11) is 4.06. The average Bonchev–Trinajstić information content (AvgIpc) is 3.51. The molecule has 1 atom stereocenters. The minimum absolute atomic E-state index is 0.0469. The van der Waals surface area contributed by atoms with Gasteiger partial charge in [0.2, 0.25) is 0 Å². The van der Waals surface area contributed by atoms with Crippen LogP contribution in [0.15, 0.2) is 52.6 Å². The number of halogens is 1. The lowest BCUT2D eigenvalue weighted by Crippen LogP contribution is -2.39. The van der Waals surface area contributed by atoms with Gasteiger partial charge >= 0.3 is 0 Å². The van der Waals surface area contributed by atoms with Crippen LogP contribution in [0, 0.1) is 17.7 Å². The molecule has 3 heterocycles. The molecular formula is C27H36FN3O4. The summed E-state index contributed by atoms with van der Waals surface area (Å²) < 4.78 is 30.6. The largest absolute Gasteiger partial charge is 0.457 e. The van der Waals surface area contributed by atoms with Crippen molar-refractivity contribution in [1.82, 2.24) is 9.80 Å². The van der Waals surface area contributed by atoms with E-state index in [4.69, 9.17) is 19.0 Å². The fraction of sp³-hybridized carbons (Fsp3) is 0.593. The first kappa shape index (κ1) is 24.4. The fourth-order valence-electron chi connectivity index (χ4n) is 5.32. The lowest BCUT2D eigenvalue weighted by atomic mass is 9.84. The highest BCUT2D eigenvalue weighted by molar-refractivity contribution is 5.90. The van der Waals surface area contributed by atoms with E-state index in [0.29, 0.717) is 31.4 Å². The fourth-order valence-corrected chi connectivity index (χ4v) is 5.32. The molecule has 0 bridgehead atoms. The van der Waals surface area contributed by atoms with Crippen molar-refractivity contribution in [3.63, 3.8) is 0 Å². The Bertz CT molecular complexity index is 961. The maximum absolute atomic E-state index is 13.3. The zero-order chi connectivity index (χ0) is 24.2. The van der Waals surface area contributed by atoms with Gasteiger partial charge in [0.25, 0.3) is 0 Å². The second kappa shape index (κ2) is 11.2. The second-order valence-corrected chi connectivity index (χ2v) is 10.1. The summed E-state index contributed by atoms with van der Waals surface area (Å²) >= 11 is 0. The Balaban J connectivity index is 1.16. The van der Waals surface area contributed by atoms with E-state index in [-0.39, 0.29) is 18.0 Å². The molecule has 2 fully saturated rings. The van der Waals surface area contributed by atoms with E-state index in [1.807, 2.05) is 14.1 Å². The Kier molecular flexibility index (Phi) is 7.82. The van der Waals surface area contributed by atoms with Gasteiger partial charge in [-0.3, -0.25) is 4.90 Å². The number of fused-ring (bicyclic) bond motifs is 1. The van der Waals surface area contributed by atoms with Crippen LogP contribution in [-0.2, 0) is 14.3 Å². The Hall–Kier alpha value is -2.26. The van der Waals surface area contributed by atoms with Crippen molar-refractivity contribution in [1.29, 1.82) is 0 Å². The topological polar surface area (TPSA) is 55.8 Å². The summed E-state index contributed by atoms with van der Waals surface area (Å²) in [5.41, 5.74) is 2.16. The maximum Gasteiger partial charge on any atom is 0.170 e. The van der Waals surface area contributed by atoms with Crippen LogP contribution in [-0.4, -0.2) is 75.3 Å². The third-order valence-corrected chi connectivity index (χ3v) is 7.24. The predicted molar refractivity (Wildman–Crippen MR) is 131 cm³/mol. The molecule has 4 aliphatic rings. The Morgan fingerprint density at radius 2 is 1.86 bits per heavy atom. The van der Waals surface area contributed by atoms with Crippen molar-refractivity contribution in [2.24, 2.45) is 17.0 Å². The molecule has 0 N–H and O–H groups in total. The van der Waals surface area contributed by atoms with Gasteiger partial charge < -0.3 is 23.9 Å². The van der Waals surface area contributed by atoms with E-state index in [1.54, 1.807) is 12.1 Å². The molecule has 2 saturated heterocycles. The summed E-state index contributed by atoms with van der Waals surface area (Å²) in [6, 6.07) is 6.12. The standard InChI is InChI=1S/C27H36FN3O4/c1-30(2)17-23-25(34-21-6-4-20(28)5-7-21)10-8-22-24(29-35-27(22)23)9-3-19-11-13-31(14-12-19)18-26-32-15-16-33-26/h4-7,10,19,22,26H,3,8-9,11-18H2,1-2H3. The SMILES string of the molecule is CN(C)CC1=C2ON=C(CCC3CCN(CC4OCCO4)CC3)C2CC=C1Oc1ccc(F)cc1. The van der Waals surface area contributed by atoms with Crippen molar-refractivity contribution >= 4 is 5.71 Å². The molecular weight excluding hydrogens is 449 g/mol. The van der Waals surface area contributed by atoms with Crippen LogP contribution >= 0.6 is 0 Å². The molecule has 0 spiro atoms. The number of ether oxygens (including phenoxy) is 3. The van der Waals surface area contributed by atoms with Gasteiger partial charge in [-0.1, -0.05) is 5.16 Å². The van der Waals surface area contributed by atoms with E-state index in [2.05, 4.69) is 21.0 Å². The van der Waals surface area contributed by atoms with Crippen LogP contribution < -0.4 is 4.74 Å². The van der Waals surface area contributed by atoms with Crippen LogP contribution in [0.2, 0.25) is 0 Å². The molecule has 0 radical (unpaired) electrons. The summed E-state index contributed by atoms with van der Waals surface area (Å²) in [4.78, 5) is 10.5. The minimum atomic E-state index is -0.276. The van der Waals surface area contributed by atoms with Gasteiger partial charge in [0.05, 0.1) is 30.4 Å². The molecule has 1 aromatic carbocycles. The number of hydrogen-bond acceptors (Lipinski definition) is 7. The molecule has 0 amide bonds. The molecule has 0 aromatic heterocycles. The number of allylic oxidation sites excluding steroid dienone is 2. The number of nitrogens with zero attached hydrogens (tertiary/aromatic N) is 3. The quantitative estimate of drug-likeness (QED) is 0.523. The van der Waals surface area contributed by atoms with Gasteiger partial charge in [-0.05, 0) is 95.5 Å². The molecule has 7 nitrogen and oxygen atoms in total. The van der Waals surface area contributed by atoms with Crippen LogP contribution in [0.5, 0.6) is 5.75 Å². The van der Waals surface area contributed by atoms with Crippen molar-refractivity contribution in [2.45, 2.75) is 38.4 Å². The van der Waals surface area contributed by atoms with Crippen molar-refractivity contribution in [3.05, 3.63) is 53.3 Å². The van der Waals surface area contributed by atoms with E-state index in [1.165, 1.54) is 25.0 Å². The summed E-state index contributed by atoms with van der Waals surface area (Å²) in [5.74, 6) is 2.91. The number of rotatable bonds is 9. The highest BCUT2D eigenvalue weighted by Gasteiger charge is 2.36. The molecule has 5 rings (SSSR count). The maximum atomic E-state index is 13.3. The third kappa shape index (κ3) is 6.12. The first-order chi connectivity index (χ1) is 17.0. The Morgan fingerprint density at radius 3 is 2.57 bits per heavy atom. The van der Waals surface area contributed by atoms with Crippen LogP contribution in [0.3, 0.4) is 0 Å². The smallest absolute Gasteiger partial charge is 0.170 e. The molecule has 1 aromatic rings. The molecule has 1 aliphatic carbocycles. The molecule has 8 heteroatoms. The average molecular weight is 486 g/mol. The van der Waals surface area contributed by atoms with Gasteiger partial charge in [0.1, 0.15) is 17.3 Å². The zero-order valence-corrected chi connectivity index (χ0v) is 20.7. The minimum Gasteiger partial charge on any atom is -0.457 e. The normalized spacial score (nSPS) is 23.9. The van der Waals surface area contributed by atoms with Crippen LogP contribution in [0.25, 0.3) is 0 Å². The van der Waals surface area contributed by atoms with E-state index in [0.717, 1.165) is 61.7 Å². The third-order valence-electron chi connectivity index (χ3n) is 7.24. The van der Waals surface area contributed by atoms with Crippen molar-refractivity contribution in [3.8, 4) is 5.75 Å². The molecule has 190 valence electrons. The molecule has 35 heavy (non-hydrogen) atoms. The highest BCUT2D eigenvalue weighted by Crippen LogP contribution is 2.39. The molecule has 3 aliphatic heterocycles. The first-order valence-corrected chi connectivity index (χ1v) is 12.8. The van der Waals surface area contributed by atoms with Gasteiger partial charge in [-0.25, -0.2) is 4.39 Å². The van der Waals surface area contributed by atoms with Gasteiger partial charge in [-0.15, -0.1) is 0 Å². The number of oxime groups is 1. The number of hydrogen-bond donors (Lipinski definition) is 0. The van der Waals surface area contributed by atoms with E-state index >= 15 is 0 Å². The second-order valence-electron chi connectivity index (χ2n) is 10.1. The monoisotopic (exact) mass is 485 g/mol. The summed E-state index contributed by atoms with van der Waals surface area (Å²) in [6.07, 6.45) is 7.40. The zero-order valence-electron chi connectivity index (χ0n) is 20.7. The van der Waals surface area contributed by atoms with E-state index < -0.39 is 0 Å². The van der Waals surface area contributed by atoms with Gasteiger partial charge in [-0.2, -0.15) is 0 Å². The van der Waals surface area contributed by atoms with Gasteiger partial charge in [0, 0.05) is 13.1 Å². The lowest BCUT2D eigenvalue weighted by Gasteiger charge is -2.33. The first-order valence-electron chi connectivity index (χ1n) is 12.8. The Morgan fingerprint density at radius 1 is 1.11 bits per heavy atom. The number of likely N-dealkylation sites (N-methyl/N-ethyl adjacent to an activating group) is 1. The van der Waals surface area contributed by atoms with Crippen LogP contribution in [0.4, 0.5) is 4.39 Å². The lowest BCUT2D eigenvalue weighted by molar-refractivity contribution is -0.0661. The van der Waals surface area contributed by atoms with Gasteiger partial charge in [0.15, 0.2) is 12.0 Å². The predicted octanol–water partition coefficient (Wildman–Crippen LogP) is 4.18. The Labute approximate surface area is 207 Å².